The van der Waals surface area contributed by atoms with Crippen LogP contribution < -0.4 is 22.1 Å². The number of hydrogen-bond donors (Lipinski definition) is 1. The van der Waals surface area contributed by atoms with Crippen molar-refractivity contribution < 1.29 is 0 Å². The quantitative estimate of drug-likeness (QED) is 0.506. The highest BCUT2D eigenvalue weighted by molar-refractivity contribution is 5.91. The van der Waals surface area contributed by atoms with Crippen LogP contribution in [0.25, 0.3) is 16.7 Å². The van der Waals surface area contributed by atoms with Gasteiger partial charge in [-0.05, 0) is 48.6 Å². The first-order valence-corrected chi connectivity index (χ1v) is 11.2. The highest BCUT2D eigenvalue weighted by Gasteiger charge is 2.30. The number of rotatable bonds is 5. The number of aryl methyl sites for hydroxylation is 1. The number of anilines is 2. The molecule has 0 saturated heterocycles. The van der Waals surface area contributed by atoms with Crippen molar-refractivity contribution in [2.75, 3.05) is 5.32 Å². The molecule has 0 aliphatic heterocycles. The fourth-order valence-electron chi connectivity index (χ4n) is 4.23. The molecule has 7 heteroatoms. The van der Waals surface area contributed by atoms with Gasteiger partial charge in [0, 0.05) is 24.8 Å². The van der Waals surface area contributed by atoms with Crippen LogP contribution in [-0.4, -0.2) is 13.7 Å². The molecular formula is C26H26N4O3. The highest BCUT2D eigenvalue weighted by atomic mass is 16.2. The molecule has 168 valence electrons. The van der Waals surface area contributed by atoms with Crippen LogP contribution in [0.1, 0.15) is 44.2 Å². The van der Waals surface area contributed by atoms with Gasteiger partial charge in [-0.3, -0.25) is 18.7 Å². The van der Waals surface area contributed by atoms with Crippen molar-refractivity contribution in [1.29, 1.82) is 0 Å². The third-order valence-corrected chi connectivity index (χ3v) is 6.23. The van der Waals surface area contributed by atoms with Gasteiger partial charge in [-0.2, -0.15) is 0 Å². The van der Waals surface area contributed by atoms with Crippen molar-refractivity contribution in [3.05, 3.63) is 97.4 Å². The number of fused-ring (bicyclic) bond motifs is 1. The van der Waals surface area contributed by atoms with Crippen molar-refractivity contribution >= 4 is 22.4 Å². The number of hydrogen-bond acceptors (Lipinski definition) is 4. The van der Waals surface area contributed by atoms with Crippen LogP contribution in [-0.2, 0) is 7.05 Å². The molecule has 7 nitrogen and oxygen atoms in total. The van der Waals surface area contributed by atoms with Gasteiger partial charge in [0.15, 0.2) is 0 Å². The number of nitrogens with one attached hydrogen (secondary N) is 1. The lowest BCUT2D eigenvalue weighted by molar-refractivity contribution is 0.637. The Balaban J connectivity index is 1.82. The second-order valence-electron chi connectivity index (χ2n) is 8.92. The summed E-state index contributed by atoms with van der Waals surface area (Å²) in [5, 5.41) is 3.58. The zero-order valence-corrected chi connectivity index (χ0v) is 18.9. The van der Waals surface area contributed by atoms with E-state index in [1.54, 1.807) is 19.2 Å². The van der Waals surface area contributed by atoms with Gasteiger partial charge in [-0.15, -0.1) is 0 Å². The van der Waals surface area contributed by atoms with Crippen molar-refractivity contribution in [2.45, 2.75) is 38.6 Å². The van der Waals surface area contributed by atoms with E-state index in [1.807, 2.05) is 42.5 Å². The monoisotopic (exact) mass is 442 g/mol. The van der Waals surface area contributed by atoms with Gasteiger partial charge in [0.2, 0.25) is 0 Å². The Bertz CT molecular complexity index is 1520. The molecule has 0 amide bonds. The fraction of sp³-hybridized carbons (Fsp3) is 0.269. The Kier molecular flexibility index (Phi) is 5.04. The fourth-order valence-corrected chi connectivity index (χ4v) is 4.23. The Labute approximate surface area is 190 Å². The van der Waals surface area contributed by atoms with E-state index in [9.17, 15) is 14.4 Å². The normalized spacial score (nSPS) is 13.6. The molecule has 1 saturated carbocycles. The summed E-state index contributed by atoms with van der Waals surface area (Å²) in [5.41, 5.74) is 2.14. The maximum atomic E-state index is 13.6. The second kappa shape index (κ2) is 7.92. The van der Waals surface area contributed by atoms with Crippen molar-refractivity contribution in [1.82, 2.24) is 13.7 Å². The maximum absolute atomic E-state index is 13.6. The number of nitrogens with zero attached hydrogens (tertiary/aromatic N) is 3. The predicted octanol–water partition coefficient (Wildman–Crippen LogP) is 4.05. The van der Waals surface area contributed by atoms with E-state index >= 15 is 0 Å². The van der Waals surface area contributed by atoms with Crippen molar-refractivity contribution in [3.8, 4) is 5.69 Å². The van der Waals surface area contributed by atoms with E-state index in [4.69, 9.17) is 0 Å². The highest BCUT2D eigenvalue weighted by Crippen LogP contribution is 2.33. The van der Waals surface area contributed by atoms with E-state index in [1.165, 1.54) is 25.3 Å². The molecule has 33 heavy (non-hydrogen) atoms. The molecule has 5 rings (SSSR count). The minimum Gasteiger partial charge on any atom is -0.355 e. The van der Waals surface area contributed by atoms with Gasteiger partial charge >= 0.3 is 5.69 Å². The van der Waals surface area contributed by atoms with Crippen LogP contribution >= 0.6 is 0 Å². The predicted molar refractivity (Wildman–Crippen MR) is 131 cm³/mol. The number of aromatic nitrogens is 3. The topological polar surface area (TPSA) is 78.0 Å². The van der Waals surface area contributed by atoms with Gasteiger partial charge in [-0.25, -0.2) is 9.36 Å². The second-order valence-corrected chi connectivity index (χ2v) is 8.92. The summed E-state index contributed by atoms with van der Waals surface area (Å²) in [6, 6.07) is 18.4. The molecular weight excluding hydrogens is 416 g/mol. The Morgan fingerprint density at radius 3 is 2.21 bits per heavy atom. The van der Waals surface area contributed by atoms with Crippen molar-refractivity contribution in [2.24, 2.45) is 7.05 Å². The van der Waals surface area contributed by atoms with E-state index in [0.29, 0.717) is 22.7 Å². The number of benzene rings is 2. The Hall–Kier alpha value is -3.87. The summed E-state index contributed by atoms with van der Waals surface area (Å²) in [4.78, 5) is 40.1. The Morgan fingerprint density at radius 1 is 0.939 bits per heavy atom. The first-order chi connectivity index (χ1) is 15.9. The molecule has 4 aromatic rings. The molecule has 0 radical (unpaired) electrons. The van der Waals surface area contributed by atoms with Crippen LogP contribution in [0.15, 0.2) is 75.0 Å². The minimum absolute atomic E-state index is 0.111. The molecule has 1 N–H and O–H groups in total. The zero-order chi connectivity index (χ0) is 23.3. The molecule has 1 aliphatic rings. The van der Waals surface area contributed by atoms with E-state index < -0.39 is 5.69 Å². The first kappa shape index (κ1) is 21.0. The first-order valence-electron chi connectivity index (χ1n) is 11.2. The van der Waals surface area contributed by atoms with Gasteiger partial charge < -0.3 is 5.32 Å². The minimum atomic E-state index is -0.422. The molecule has 2 aromatic carbocycles. The molecule has 1 aliphatic carbocycles. The molecule has 2 heterocycles. The SMILES string of the molecule is CC(C)c1ccc(Nc2cc(=O)n(C)c3c2c(=O)n(C2CC2)c(=O)n3-c2ccccc2)cc1. The van der Waals surface area contributed by atoms with Gasteiger partial charge in [0.1, 0.15) is 11.0 Å². The van der Waals surface area contributed by atoms with E-state index in [-0.39, 0.29) is 22.8 Å². The van der Waals surface area contributed by atoms with Gasteiger partial charge in [0.25, 0.3) is 11.1 Å². The van der Waals surface area contributed by atoms with Crippen LogP contribution in [0.2, 0.25) is 0 Å². The third kappa shape index (κ3) is 3.59. The molecule has 1 fully saturated rings. The number of para-hydroxylation sites is 1. The molecule has 0 bridgehead atoms. The van der Waals surface area contributed by atoms with E-state index in [2.05, 4.69) is 19.2 Å². The lowest BCUT2D eigenvalue weighted by Crippen LogP contribution is -2.41. The Morgan fingerprint density at radius 2 is 1.61 bits per heavy atom. The summed E-state index contributed by atoms with van der Waals surface area (Å²) in [7, 11) is 1.59. The molecule has 0 spiro atoms. The van der Waals surface area contributed by atoms with Gasteiger partial charge in [-0.1, -0.05) is 44.2 Å². The largest absolute Gasteiger partial charge is 0.355 e. The van der Waals surface area contributed by atoms with Gasteiger partial charge in [0.05, 0.1) is 11.4 Å². The third-order valence-electron chi connectivity index (χ3n) is 6.23. The van der Waals surface area contributed by atoms with E-state index in [0.717, 1.165) is 18.5 Å². The van der Waals surface area contributed by atoms with Crippen molar-refractivity contribution in [3.63, 3.8) is 0 Å². The lowest BCUT2D eigenvalue weighted by Gasteiger charge is -2.19. The summed E-state index contributed by atoms with van der Waals surface area (Å²) < 4.78 is 4.19. The molecule has 0 atom stereocenters. The van der Waals surface area contributed by atoms with Crippen LogP contribution in [0.3, 0.4) is 0 Å². The average molecular weight is 443 g/mol. The molecule has 2 aromatic heterocycles. The lowest BCUT2D eigenvalue weighted by atomic mass is 10.0. The summed E-state index contributed by atoms with van der Waals surface area (Å²) in [6.45, 7) is 4.25. The zero-order valence-electron chi connectivity index (χ0n) is 18.9. The number of pyridine rings is 1. The maximum Gasteiger partial charge on any atom is 0.337 e. The molecule has 0 unspecified atom stereocenters. The standard InChI is InChI=1S/C26H26N4O3/c1-16(2)17-9-11-18(12-10-17)27-21-15-22(31)28(3)24-23(21)25(32)30(20-13-14-20)26(33)29(24)19-7-5-4-6-8-19/h4-12,15-16,20,27H,13-14H2,1-3H3. The average Bonchev–Trinajstić information content (AvgIpc) is 3.63. The summed E-state index contributed by atoms with van der Waals surface area (Å²) in [6.07, 6.45) is 1.58. The van der Waals surface area contributed by atoms with Crippen LogP contribution in [0.4, 0.5) is 11.4 Å². The smallest absolute Gasteiger partial charge is 0.337 e. The summed E-state index contributed by atoms with van der Waals surface area (Å²) >= 11 is 0. The van der Waals surface area contributed by atoms with Crippen LogP contribution in [0, 0.1) is 0 Å². The van der Waals surface area contributed by atoms with Crippen LogP contribution in [0.5, 0.6) is 0 Å². The summed E-state index contributed by atoms with van der Waals surface area (Å²) in [5.74, 6) is 0.398.